The van der Waals surface area contributed by atoms with Crippen LogP contribution in [-0.2, 0) is 9.53 Å². The number of rotatable bonds is 4. The number of ether oxygens (including phenoxy) is 1. The third kappa shape index (κ3) is 3.42. The zero-order valence-corrected chi connectivity index (χ0v) is 10.7. The molecule has 3 atom stereocenters. The van der Waals surface area contributed by atoms with Crippen molar-refractivity contribution in [2.75, 3.05) is 26.8 Å². The molecule has 1 saturated carbocycles. The van der Waals surface area contributed by atoms with Gasteiger partial charge in [0.15, 0.2) is 0 Å². The Morgan fingerprint density at radius 2 is 2.24 bits per heavy atom. The first-order chi connectivity index (χ1) is 8.16. The maximum atomic E-state index is 12.1. The maximum Gasteiger partial charge on any atom is 0.222 e. The van der Waals surface area contributed by atoms with Gasteiger partial charge in [-0.25, -0.2) is 0 Å². The van der Waals surface area contributed by atoms with E-state index >= 15 is 0 Å². The van der Waals surface area contributed by atoms with Crippen LogP contribution >= 0.6 is 0 Å². The lowest BCUT2D eigenvalue weighted by atomic mass is 9.99. The topological polar surface area (TPSA) is 55.6 Å². The van der Waals surface area contributed by atoms with Crippen LogP contribution in [0.3, 0.4) is 0 Å². The van der Waals surface area contributed by atoms with Crippen LogP contribution < -0.4 is 5.73 Å². The lowest BCUT2D eigenvalue weighted by Crippen LogP contribution is -2.35. The number of nitrogens with two attached hydrogens (primary N) is 1. The van der Waals surface area contributed by atoms with Crippen molar-refractivity contribution in [1.29, 1.82) is 0 Å². The van der Waals surface area contributed by atoms with Crippen molar-refractivity contribution in [2.24, 2.45) is 17.6 Å². The van der Waals surface area contributed by atoms with Gasteiger partial charge >= 0.3 is 0 Å². The molecule has 0 aromatic rings. The molecule has 17 heavy (non-hydrogen) atoms. The standard InChI is InChI=1S/C13H24N2O2/c1-15(8-10-5-6-17-9-10)13(16)7-11-3-2-4-12(11)14/h10-12H,2-9,14H2,1H3/t10?,11-,12+/m0/s1. The highest BCUT2D eigenvalue weighted by Gasteiger charge is 2.28. The molecule has 1 amide bonds. The Kier molecular flexibility index (Phi) is 4.40. The zero-order valence-electron chi connectivity index (χ0n) is 10.7. The number of carbonyl (C=O) groups excluding carboxylic acids is 1. The van der Waals surface area contributed by atoms with Crippen molar-refractivity contribution in [3.05, 3.63) is 0 Å². The molecule has 1 aliphatic carbocycles. The van der Waals surface area contributed by atoms with E-state index in [-0.39, 0.29) is 11.9 Å². The summed E-state index contributed by atoms with van der Waals surface area (Å²) in [5, 5.41) is 0. The van der Waals surface area contributed by atoms with E-state index in [1.807, 2.05) is 11.9 Å². The van der Waals surface area contributed by atoms with Crippen molar-refractivity contribution >= 4 is 5.91 Å². The summed E-state index contributed by atoms with van der Waals surface area (Å²) in [6.07, 6.45) is 5.09. The van der Waals surface area contributed by atoms with Gasteiger partial charge in [-0.05, 0) is 25.2 Å². The SMILES string of the molecule is CN(CC1CCOC1)C(=O)C[C@@H]1CCC[C@H]1N. The first-order valence-electron chi connectivity index (χ1n) is 6.74. The Bertz CT molecular complexity index is 264. The Morgan fingerprint density at radius 3 is 2.82 bits per heavy atom. The largest absolute Gasteiger partial charge is 0.381 e. The third-order valence-electron chi connectivity index (χ3n) is 4.14. The van der Waals surface area contributed by atoms with Gasteiger partial charge in [0.1, 0.15) is 0 Å². The molecule has 2 fully saturated rings. The van der Waals surface area contributed by atoms with Crippen LogP contribution in [0, 0.1) is 11.8 Å². The molecular weight excluding hydrogens is 216 g/mol. The fraction of sp³-hybridized carbons (Fsp3) is 0.923. The summed E-state index contributed by atoms with van der Waals surface area (Å²) < 4.78 is 5.33. The quantitative estimate of drug-likeness (QED) is 0.797. The predicted molar refractivity (Wildman–Crippen MR) is 66.5 cm³/mol. The van der Waals surface area contributed by atoms with Crippen molar-refractivity contribution in [3.8, 4) is 0 Å². The zero-order chi connectivity index (χ0) is 12.3. The van der Waals surface area contributed by atoms with Crippen molar-refractivity contribution in [2.45, 2.75) is 38.1 Å². The Morgan fingerprint density at radius 1 is 1.41 bits per heavy atom. The smallest absolute Gasteiger partial charge is 0.222 e. The van der Waals surface area contributed by atoms with Crippen LogP contribution in [0.25, 0.3) is 0 Å². The molecule has 0 radical (unpaired) electrons. The molecular formula is C13H24N2O2. The monoisotopic (exact) mass is 240 g/mol. The first kappa shape index (κ1) is 12.8. The molecule has 4 heteroatoms. The van der Waals surface area contributed by atoms with Gasteiger partial charge in [0, 0.05) is 38.6 Å². The lowest BCUT2D eigenvalue weighted by molar-refractivity contribution is -0.131. The molecule has 0 bridgehead atoms. The molecule has 2 aliphatic rings. The van der Waals surface area contributed by atoms with E-state index in [4.69, 9.17) is 10.5 Å². The fourth-order valence-corrected chi connectivity index (χ4v) is 2.92. The van der Waals surface area contributed by atoms with E-state index in [1.54, 1.807) is 0 Å². The number of nitrogens with zero attached hydrogens (tertiary/aromatic N) is 1. The van der Waals surface area contributed by atoms with E-state index < -0.39 is 0 Å². The summed E-state index contributed by atoms with van der Waals surface area (Å²) in [5.74, 6) is 1.19. The molecule has 98 valence electrons. The van der Waals surface area contributed by atoms with Gasteiger partial charge in [-0.1, -0.05) is 6.42 Å². The first-order valence-corrected chi connectivity index (χ1v) is 6.74. The van der Waals surface area contributed by atoms with Crippen LogP contribution in [0.15, 0.2) is 0 Å². The van der Waals surface area contributed by atoms with Gasteiger partial charge in [0.25, 0.3) is 0 Å². The molecule has 0 aromatic carbocycles. The number of hydrogen-bond donors (Lipinski definition) is 1. The molecule has 1 heterocycles. The molecule has 1 unspecified atom stereocenters. The maximum absolute atomic E-state index is 12.1. The van der Waals surface area contributed by atoms with E-state index in [0.717, 1.165) is 39.0 Å². The van der Waals surface area contributed by atoms with Gasteiger partial charge in [0.05, 0.1) is 6.61 Å². The number of amides is 1. The van der Waals surface area contributed by atoms with Gasteiger partial charge in [-0.3, -0.25) is 4.79 Å². The van der Waals surface area contributed by atoms with Crippen LogP contribution in [0.4, 0.5) is 0 Å². The summed E-state index contributed by atoms with van der Waals surface area (Å²) in [6, 6.07) is 0.238. The summed E-state index contributed by atoms with van der Waals surface area (Å²) in [4.78, 5) is 13.9. The molecule has 1 saturated heterocycles. The van der Waals surface area contributed by atoms with E-state index in [2.05, 4.69) is 0 Å². The normalized spacial score (nSPS) is 32.9. The fourth-order valence-electron chi connectivity index (χ4n) is 2.92. The summed E-state index contributed by atoms with van der Waals surface area (Å²) in [6.45, 7) is 2.49. The number of carbonyl (C=O) groups is 1. The van der Waals surface area contributed by atoms with Crippen molar-refractivity contribution in [3.63, 3.8) is 0 Å². The second-order valence-corrected chi connectivity index (χ2v) is 5.56. The lowest BCUT2D eigenvalue weighted by Gasteiger charge is -2.23. The second-order valence-electron chi connectivity index (χ2n) is 5.56. The minimum Gasteiger partial charge on any atom is -0.381 e. The highest BCUT2D eigenvalue weighted by atomic mass is 16.5. The van der Waals surface area contributed by atoms with Gasteiger partial charge in [0.2, 0.25) is 5.91 Å². The molecule has 0 aromatic heterocycles. The van der Waals surface area contributed by atoms with E-state index in [0.29, 0.717) is 18.3 Å². The second kappa shape index (κ2) is 5.83. The van der Waals surface area contributed by atoms with Crippen LogP contribution in [0.1, 0.15) is 32.1 Å². The molecule has 4 nitrogen and oxygen atoms in total. The van der Waals surface area contributed by atoms with Crippen LogP contribution in [0.5, 0.6) is 0 Å². The highest BCUT2D eigenvalue weighted by Crippen LogP contribution is 2.27. The van der Waals surface area contributed by atoms with Crippen molar-refractivity contribution in [1.82, 2.24) is 4.90 Å². The Labute approximate surface area is 103 Å². The average Bonchev–Trinajstić information content (AvgIpc) is 2.91. The summed E-state index contributed by atoms with van der Waals surface area (Å²) in [5.41, 5.74) is 6.00. The van der Waals surface area contributed by atoms with Crippen molar-refractivity contribution < 1.29 is 9.53 Å². The minimum absolute atomic E-state index is 0.238. The predicted octanol–water partition coefficient (Wildman–Crippen LogP) is 0.999. The van der Waals surface area contributed by atoms with Crippen LogP contribution in [0.2, 0.25) is 0 Å². The minimum atomic E-state index is 0.238. The van der Waals surface area contributed by atoms with Gasteiger partial charge in [-0.15, -0.1) is 0 Å². The molecule has 2 N–H and O–H groups in total. The van der Waals surface area contributed by atoms with Crippen LogP contribution in [-0.4, -0.2) is 43.7 Å². The van der Waals surface area contributed by atoms with Gasteiger partial charge in [-0.2, -0.15) is 0 Å². The van der Waals surface area contributed by atoms with Gasteiger partial charge < -0.3 is 15.4 Å². The number of hydrogen-bond acceptors (Lipinski definition) is 3. The summed E-state index contributed by atoms with van der Waals surface area (Å²) >= 11 is 0. The van der Waals surface area contributed by atoms with E-state index in [9.17, 15) is 4.79 Å². The Balaban J connectivity index is 1.74. The highest BCUT2D eigenvalue weighted by molar-refractivity contribution is 5.76. The molecule has 0 spiro atoms. The molecule has 1 aliphatic heterocycles. The molecule has 2 rings (SSSR count). The summed E-state index contributed by atoms with van der Waals surface area (Å²) in [7, 11) is 1.90. The average molecular weight is 240 g/mol. The third-order valence-corrected chi connectivity index (χ3v) is 4.14. The Hall–Kier alpha value is -0.610. The van der Waals surface area contributed by atoms with E-state index in [1.165, 1.54) is 6.42 Å².